The highest BCUT2D eigenvalue weighted by atomic mass is 32.2. The predicted molar refractivity (Wildman–Crippen MR) is 88.7 cm³/mol. The van der Waals surface area contributed by atoms with Gasteiger partial charge in [0, 0.05) is 19.8 Å². The van der Waals surface area contributed by atoms with Crippen LogP contribution in [0.5, 0.6) is 0 Å². The standard InChI is InChI=1S/C16H20N4O3S/c1-12-5-3-4-6-15(12)24(22,23)19-10-13-7-8-18-20(13)14(11-19)9-16(21)17-2/h3-8,14H,9-11H2,1-2H3,(H,17,21)/t14-/m1/s1. The number of aryl methyl sites for hydroxylation is 1. The number of carbonyl (C=O) groups is 1. The van der Waals surface area contributed by atoms with Crippen LogP contribution < -0.4 is 5.32 Å². The van der Waals surface area contributed by atoms with Gasteiger partial charge in [0.15, 0.2) is 0 Å². The summed E-state index contributed by atoms with van der Waals surface area (Å²) in [4.78, 5) is 12.1. The predicted octanol–water partition coefficient (Wildman–Crippen LogP) is 1.07. The summed E-state index contributed by atoms with van der Waals surface area (Å²) in [5.41, 5.74) is 1.49. The van der Waals surface area contributed by atoms with E-state index in [1.165, 1.54) is 4.31 Å². The third-order valence-electron chi connectivity index (χ3n) is 4.26. The second-order valence-corrected chi connectivity index (χ2v) is 7.77. The maximum atomic E-state index is 13.0. The van der Waals surface area contributed by atoms with Crippen LogP contribution >= 0.6 is 0 Å². The molecule has 0 fully saturated rings. The van der Waals surface area contributed by atoms with Crippen LogP contribution in [-0.4, -0.2) is 42.0 Å². The number of benzene rings is 1. The molecule has 1 aromatic heterocycles. The van der Waals surface area contributed by atoms with Gasteiger partial charge in [-0.1, -0.05) is 18.2 Å². The van der Waals surface area contributed by atoms with E-state index < -0.39 is 10.0 Å². The van der Waals surface area contributed by atoms with Gasteiger partial charge in [0.25, 0.3) is 0 Å². The summed E-state index contributed by atoms with van der Waals surface area (Å²) < 4.78 is 29.3. The molecule has 2 heterocycles. The first kappa shape index (κ1) is 16.7. The molecule has 1 atom stereocenters. The SMILES string of the molecule is CNC(=O)C[C@@H]1CN(S(=O)(=O)c2ccccc2C)Cc2ccnn21. The van der Waals surface area contributed by atoms with Crippen molar-refractivity contribution in [2.75, 3.05) is 13.6 Å². The largest absolute Gasteiger partial charge is 0.359 e. The Morgan fingerprint density at radius 2 is 2.08 bits per heavy atom. The second-order valence-electron chi connectivity index (χ2n) is 5.86. The molecule has 2 aromatic rings. The van der Waals surface area contributed by atoms with E-state index in [0.29, 0.717) is 10.5 Å². The molecule has 24 heavy (non-hydrogen) atoms. The molecule has 128 valence electrons. The molecule has 1 amide bonds. The molecule has 0 aliphatic carbocycles. The Morgan fingerprint density at radius 3 is 2.79 bits per heavy atom. The first-order valence-corrected chi connectivity index (χ1v) is 9.16. The fourth-order valence-electron chi connectivity index (χ4n) is 2.99. The zero-order valence-corrected chi connectivity index (χ0v) is 14.5. The molecule has 1 aliphatic rings. The molecule has 8 heteroatoms. The molecule has 0 spiro atoms. The van der Waals surface area contributed by atoms with Crippen molar-refractivity contribution in [3.8, 4) is 0 Å². The number of hydrogen-bond acceptors (Lipinski definition) is 4. The summed E-state index contributed by atoms with van der Waals surface area (Å²) in [5, 5.41) is 6.83. The van der Waals surface area contributed by atoms with Gasteiger partial charge in [0.05, 0.1) is 29.6 Å². The van der Waals surface area contributed by atoms with Crippen LogP contribution in [0.3, 0.4) is 0 Å². The van der Waals surface area contributed by atoms with Crippen LogP contribution in [0.25, 0.3) is 0 Å². The Labute approximate surface area is 141 Å². The number of aromatic nitrogens is 2. The maximum Gasteiger partial charge on any atom is 0.243 e. The van der Waals surface area contributed by atoms with E-state index in [4.69, 9.17) is 0 Å². The highest BCUT2D eigenvalue weighted by Gasteiger charge is 2.35. The van der Waals surface area contributed by atoms with Crippen LogP contribution in [0.4, 0.5) is 0 Å². The number of hydrogen-bond donors (Lipinski definition) is 1. The highest BCUT2D eigenvalue weighted by molar-refractivity contribution is 7.89. The van der Waals surface area contributed by atoms with E-state index in [-0.39, 0.29) is 31.5 Å². The quantitative estimate of drug-likeness (QED) is 0.896. The summed E-state index contributed by atoms with van der Waals surface area (Å²) in [6, 6.07) is 8.40. The van der Waals surface area contributed by atoms with Crippen molar-refractivity contribution in [2.24, 2.45) is 0 Å². The molecule has 1 N–H and O–H groups in total. The molecule has 0 radical (unpaired) electrons. The minimum absolute atomic E-state index is 0.142. The molecule has 0 saturated heterocycles. The molecule has 1 aromatic carbocycles. The van der Waals surface area contributed by atoms with Crippen LogP contribution in [0.2, 0.25) is 0 Å². The number of fused-ring (bicyclic) bond motifs is 1. The van der Waals surface area contributed by atoms with Crippen molar-refractivity contribution in [3.63, 3.8) is 0 Å². The van der Waals surface area contributed by atoms with Crippen LogP contribution in [0.1, 0.15) is 23.7 Å². The number of sulfonamides is 1. The lowest BCUT2D eigenvalue weighted by molar-refractivity contribution is -0.121. The number of nitrogens with one attached hydrogen (secondary N) is 1. The molecule has 7 nitrogen and oxygen atoms in total. The maximum absolute atomic E-state index is 13.0. The summed E-state index contributed by atoms with van der Waals surface area (Å²) in [7, 11) is -2.06. The van der Waals surface area contributed by atoms with E-state index in [1.54, 1.807) is 49.1 Å². The van der Waals surface area contributed by atoms with Crippen LogP contribution in [0, 0.1) is 6.92 Å². The molecule has 0 bridgehead atoms. The number of nitrogens with zero attached hydrogens (tertiary/aromatic N) is 3. The van der Waals surface area contributed by atoms with Crippen molar-refractivity contribution in [1.29, 1.82) is 0 Å². The van der Waals surface area contributed by atoms with Gasteiger partial charge in [-0.3, -0.25) is 9.48 Å². The molecular formula is C16H20N4O3S. The number of amides is 1. The van der Waals surface area contributed by atoms with Gasteiger partial charge >= 0.3 is 0 Å². The van der Waals surface area contributed by atoms with Gasteiger partial charge in [-0.2, -0.15) is 9.40 Å². The van der Waals surface area contributed by atoms with Gasteiger partial charge in [0.2, 0.25) is 15.9 Å². The molecule has 0 saturated carbocycles. The Bertz CT molecular complexity index is 860. The molecule has 1 aliphatic heterocycles. The van der Waals surface area contributed by atoms with E-state index in [9.17, 15) is 13.2 Å². The Hall–Kier alpha value is -2.19. The Morgan fingerprint density at radius 1 is 1.33 bits per heavy atom. The molecule has 3 rings (SSSR count). The van der Waals surface area contributed by atoms with E-state index >= 15 is 0 Å². The van der Waals surface area contributed by atoms with Gasteiger partial charge in [-0.05, 0) is 24.6 Å². The first-order valence-electron chi connectivity index (χ1n) is 7.72. The van der Waals surface area contributed by atoms with Gasteiger partial charge in [-0.15, -0.1) is 0 Å². The van der Waals surface area contributed by atoms with Gasteiger partial charge < -0.3 is 5.32 Å². The number of carbonyl (C=O) groups excluding carboxylic acids is 1. The third kappa shape index (κ3) is 2.94. The topological polar surface area (TPSA) is 84.3 Å². The summed E-state index contributed by atoms with van der Waals surface area (Å²) >= 11 is 0. The monoisotopic (exact) mass is 348 g/mol. The lowest BCUT2D eigenvalue weighted by Gasteiger charge is -2.33. The molecular weight excluding hydrogens is 328 g/mol. The summed E-state index contributed by atoms with van der Waals surface area (Å²) in [6.07, 6.45) is 1.82. The van der Waals surface area contributed by atoms with Crippen molar-refractivity contribution in [1.82, 2.24) is 19.4 Å². The zero-order valence-electron chi connectivity index (χ0n) is 13.6. The minimum Gasteiger partial charge on any atom is -0.359 e. The summed E-state index contributed by atoms with van der Waals surface area (Å²) in [6.45, 7) is 2.25. The Balaban J connectivity index is 1.96. The van der Waals surface area contributed by atoms with Crippen LogP contribution in [-0.2, 0) is 21.4 Å². The Kier molecular flexibility index (Phi) is 4.42. The lowest BCUT2D eigenvalue weighted by atomic mass is 10.1. The molecule has 0 unspecified atom stereocenters. The highest BCUT2D eigenvalue weighted by Crippen LogP contribution is 2.29. The lowest BCUT2D eigenvalue weighted by Crippen LogP contribution is -2.42. The average molecular weight is 348 g/mol. The van der Waals surface area contributed by atoms with E-state index in [2.05, 4.69) is 10.4 Å². The van der Waals surface area contributed by atoms with Crippen molar-refractivity contribution in [2.45, 2.75) is 30.8 Å². The van der Waals surface area contributed by atoms with Gasteiger partial charge in [-0.25, -0.2) is 8.42 Å². The van der Waals surface area contributed by atoms with E-state index in [1.807, 2.05) is 6.07 Å². The second kappa shape index (κ2) is 6.37. The van der Waals surface area contributed by atoms with Crippen molar-refractivity contribution >= 4 is 15.9 Å². The zero-order chi connectivity index (χ0) is 17.3. The van der Waals surface area contributed by atoms with Gasteiger partial charge in [0.1, 0.15) is 0 Å². The van der Waals surface area contributed by atoms with Crippen molar-refractivity contribution in [3.05, 3.63) is 47.8 Å². The first-order chi connectivity index (χ1) is 11.4. The minimum atomic E-state index is -3.63. The van der Waals surface area contributed by atoms with Crippen LogP contribution in [0.15, 0.2) is 41.4 Å². The smallest absolute Gasteiger partial charge is 0.243 e. The summed E-state index contributed by atoms with van der Waals surface area (Å²) in [5.74, 6) is -0.142. The number of rotatable bonds is 4. The van der Waals surface area contributed by atoms with E-state index in [0.717, 1.165) is 5.69 Å². The van der Waals surface area contributed by atoms with Crippen molar-refractivity contribution < 1.29 is 13.2 Å². The average Bonchev–Trinajstić information content (AvgIpc) is 3.03. The fourth-order valence-corrected chi connectivity index (χ4v) is 4.66. The fraction of sp³-hybridized carbons (Fsp3) is 0.375. The third-order valence-corrected chi connectivity index (χ3v) is 6.23. The normalized spacial score (nSPS) is 18.2.